The summed E-state index contributed by atoms with van der Waals surface area (Å²) in [4.78, 5) is 0. The van der Waals surface area contributed by atoms with Crippen molar-refractivity contribution in [3.8, 4) is 5.75 Å². The number of aromatic amines is 1. The van der Waals surface area contributed by atoms with Crippen LogP contribution < -0.4 is 4.74 Å². The summed E-state index contributed by atoms with van der Waals surface area (Å²) >= 11 is 0. The van der Waals surface area contributed by atoms with Gasteiger partial charge in [0.15, 0.2) is 0 Å². The standard InChI is InChI=1S/C15H13FN5O/c16-13-6-4-11(5-7-13)10-22-14-3-1-2-12(8-14)9-17-15-18-20-21-19-15/h1-8H,9-10H2,(H-,17,18,19,20,21)/q-1. The van der Waals surface area contributed by atoms with Crippen molar-refractivity contribution in [1.29, 1.82) is 0 Å². The Bertz CT molecular complexity index is 715. The number of aromatic nitrogens is 4. The number of halogens is 1. The number of rotatable bonds is 6. The summed E-state index contributed by atoms with van der Waals surface area (Å²) in [7, 11) is 0. The molecule has 112 valence electrons. The first-order valence-corrected chi connectivity index (χ1v) is 6.67. The monoisotopic (exact) mass is 298 g/mol. The molecule has 6 nitrogen and oxygen atoms in total. The van der Waals surface area contributed by atoms with Gasteiger partial charge in [0, 0.05) is 6.54 Å². The van der Waals surface area contributed by atoms with Crippen LogP contribution in [0.1, 0.15) is 11.1 Å². The Morgan fingerprint density at radius 1 is 1.09 bits per heavy atom. The Morgan fingerprint density at radius 3 is 2.73 bits per heavy atom. The number of ether oxygens (including phenoxy) is 1. The topological polar surface area (TPSA) is 77.8 Å². The molecule has 3 aromatic rings. The molecular formula is C15H13FN5O-. The SMILES string of the molecule is Fc1ccc(COc2cccc(C[N-]c3nn[nH]n3)c2)cc1. The van der Waals surface area contributed by atoms with E-state index in [4.69, 9.17) is 4.74 Å². The first-order valence-electron chi connectivity index (χ1n) is 6.67. The van der Waals surface area contributed by atoms with Crippen LogP contribution in [0, 0.1) is 5.82 Å². The van der Waals surface area contributed by atoms with E-state index >= 15 is 0 Å². The molecule has 1 heterocycles. The third-order valence-electron chi connectivity index (χ3n) is 2.95. The summed E-state index contributed by atoms with van der Waals surface area (Å²) in [5.74, 6) is 0.789. The fourth-order valence-electron chi connectivity index (χ4n) is 1.87. The molecule has 22 heavy (non-hydrogen) atoms. The zero-order valence-electron chi connectivity index (χ0n) is 11.6. The fourth-order valence-corrected chi connectivity index (χ4v) is 1.87. The second-order valence-electron chi connectivity index (χ2n) is 4.59. The van der Waals surface area contributed by atoms with Gasteiger partial charge < -0.3 is 10.1 Å². The molecule has 0 aliphatic heterocycles. The van der Waals surface area contributed by atoms with Gasteiger partial charge >= 0.3 is 0 Å². The van der Waals surface area contributed by atoms with Crippen molar-refractivity contribution in [3.05, 3.63) is 70.8 Å². The number of benzene rings is 2. The molecule has 0 amide bonds. The fraction of sp³-hybridized carbons (Fsp3) is 0.133. The largest absolute Gasteiger partial charge is 0.489 e. The number of hydrogen-bond donors (Lipinski definition) is 1. The van der Waals surface area contributed by atoms with Crippen LogP contribution in [-0.4, -0.2) is 20.6 Å². The molecule has 1 aromatic heterocycles. The molecule has 0 spiro atoms. The van der Waals surface area contributed by atoms with Crippen LogP contribution >= 0.6 is 0 Å². The van der Waals surface area contributed by atoms with Crippen molar-refractivity contribution >= 4 is 5.95 Å². The summed E-state index contributed by atoms with van der Waals surface area (Å²) in [6.45, 7) is 0.818. The highest BCUT2D eigenvalue weighted by Crippen LogP contribution is 2.19. The summed E-state index contributed by atoms with van der Waals surface area (Å²) < 4.78 is 18.5. The van der Waals surface area contributed by atoms with Crippen LogP contribution in [0.4, 0.5) is 10.3 Å². The molecule has 0 atom stereocenters. The van der Waals surface area contributed by atoms with Gasteiger partial charge in [-0.1, -0.05) is 24.3 Å². The predicted octanol–water partition coefficient (Wildman–Crippen LogP) is 3.12. The van der Waals surface area contributed by atoms with Crippen molar-refractivity contribution in [3.63, 3.8) is 0 Å². The molecule has 0 radical (unpaired) electrons. The first kappa shape index (κ1) is 14.0. The van der Waals surface area contributed by atoms with Crippen molar-refractivity contribution in [2.75, 3.05) is 0 Å². The van der Waals surface area contributed by atoms with Crippen molar-refractivity contribution in [2.45, 2.75) is 13.2 Å². The van der Waals surface area contributed by atoms with Crippen LogP contribution in [0.5, 0.6) is 5.75 Å². The zero-order valence-corrected chi connectivity index (χ0v) is 11.6. The third kappa shape index (κ3) is 3.78. The summed E-state index contributed by atoms with van der Waals surface area (Å²) in [6, 6.07) is 13.8. The third-order valence-corrected chi connectivity index (χ3v) is 2.95. The van der Waals surface area contributed by atoms with Gasteiger partial charge in [0.2, 0.25) is 0 Å². The Balaban J connectivity index is 1.57. The minimum absolute atomic E-state index is 0.256. The van der Waals surface area contributed by atoms with Crippen LogP contribution in [0.3, 0.4) is 0 Å². The van der Waals surface area contributed by atoms with E-state index in [1.807, 2.05) is 24.3 Å². The molecule has 2 aromatic carbocycles. The summed E-state index contributed by atoms with van der Waals surface area (Å²) in [6.07, 6.45) is 0. The van der Waals surface area contributed by atoms with Crippen LogP contribution in [0.15, 0.2) is 48.5 Å². The van der Waals surface area contributed by atoms with E-state index in [0.29, 0.717) is 19.1 Å². The van der Waals surface area contributed by atoms with Gasteiger partial charge in [-0.05, 0) is 35.4 Å². The Morgan fingerprint density at radius 2 is 1.95 bits per heavy atom. The molecule has 0 saturated heterocycles. The van der Waals surface area contributed by atoms with Gasteiger partial charge in [0.1, 0.15) is 18.2 Å². The second kappa shape index (κ2) is 6.66. The van der Waals surface area contributed by atoms with E-state index in [-0.39, 0.29) is 5.82 Å². The smallest absolute Gasteiger partial charge is 0.123 e. The van der Waals surface area contributed by atoms with Gasteiger partial charge in [-0.25, -0.2) is 4.39 Å². The van der Waals surface area contributed by atoms with E-state index in [1.165, 1.54) is 12.1 Å². The van der Waals surface area contributed by atoms with E-state index in [1.54, 1.807) is 12.1 Å². The number of hydrogen-bond acceptors (Lipinski definition) is 4. The van der Waals surface area contributed by atoms with Crippen LogP contribution in [-0.2, 0) is 13.2 Å². The second-order valence-corrected chi connectivity index (χ2v) is 4.59. The summed E-state index contributed by atoms with van der Waals surface area (Å²) in [5, 5.41) is 17.5. The average Bonchev–Trinajstić information content (AvgIpc) is 3.06. The maximum absolute atomic E-state index is 12.8. The van der Waals surface area contributed by atoms with Gasteiger partial charge in [-0.15, -0.1) is 5.21 Å². The predicted molar refractivity (Wildman–Crippen MR) is 78.1 cm³/mol. The van der Waals surface area contributed by atoms with Crippen molar-refractivity contribution < 1.29 is 9.13 Å². The number of tetrazole rings is 1. The van der Waals surface area contributed by atoms with Crippen molar-refractivity contribution in [2.24, 2.45) is 0 Å². The van der Waals surface area contributed by atoms with E-state index < -0.39 is 0 Å². The highest BCUT2D eigenvalue weighted by Gasteiger charge is 1.99. The Kier molecular flexibility index (Phi) is 4.24. The molecule has 3 rings (SSSR count). The quantitative estimate of drug-likeness (QED) is 0.758. The molecule has 7 heteroatoms. The molecule has 0 unspecified atom stereocenters. The normalized spacial score (nSPS) is 10.4. The lowest BCUT2D eigenvalue weighted by molar-refractivity contribution is 0.306. The Hall–Kier alpha value is -2.96. The molecular weight excluding hydrogens is 285 g/mol. The molecule has 0 aliphatic rings. The molecule has 1 N–H and O–H groups in total. The highest BCUT2D eigenvalue weighted by molar-refractivity contribution is 5.35. The average molecular weight is 298 g/mol. The number of nitrogens with zero attached hydrogens (tertiary/aromatic N) is 4. The maximum Gasteiger partial charge on any atom is 0.123 e. The minimum atomic E-state index is -0.256. The minimum Gasteiger partial charge on any atom is -0.489 e. The van der Waals surface area contributed by atoms with Crippen LogP contribution in [0.2, 0.25) is 0 Å². The molecule has 0 bridgehead atoms. The maximum atomic E-state index is 12.8. The lowest BCUT2D eigenvalue weighted by Gasteiger charge is -2.10. The first-order chi connectivity index (χ1) is 10.8. The van der Waals surface area contributed by atoms with Crippen LogP contribution in [0.25, 0.3) is 5.32 Å². The number of H-pyrrole nitrogens is 1. The Labute approximate surface area is 126 Å². The van der Waals surface area contributed by atoms with Crippen molar-refractivity contribution in [1.82, 2.24) is 20.6 Å². The van der Waals surface area contributed by atoms with E-state index in [0.717, 1.165) is 16.9 Å². The van der Waals surface area contributed by atoms with Gasteiger partial charge in [0.25, 0.3) is 0 Å². The van der Waals surface area contributed by atoms with E-state index in [9.17, 15) is 4.39 Å². The zero-order chi connectivity index (χ0) is 15.2. The lowest BCUT2D eigenvalue weighted by Crippen LogP contribution is -1.96. The molecule has 0 saturated carbocycles. The van der Waals surface area contributed by atoms with Gasteiger partial charge in [-0.2, -0.15) is 0 Å². The molecule has 0 aliphatic carbocycles. The van der Waals surface area contributed by atoms with Gasteiger partial charge in [-0.3, -0.25) is 15.4 Å². The highest BCUT2D eigenvalue weighted by atomic mass is 19.1. The number of nitrogens with one attached hydrogen (secondary N) is 1. The van der Waals surface area contributed by atoms with Gasteiger partial charge in [0.05, 0.1) is 5.95 Å². The summed E-state index contributed by atoms with van der Waals surface area (Å²) in [5.41, 5.74) is 1.88. The van der Waals surface area contributed by atoms with E-state index in [2.05, 4.69) is 25.9 Å². The lowest BCUT2D eigenvalue weighted by atomic mass is 10.2. The molecule has 0 fully saturated rings.